The first kappa shape index (κ1) is 13.7. The first-order valence-corrected chi connectivity index (χ1v) is 5.52. The normalized spacial score (nSPS) is 12.5. The number of aliphatic hydroxyl groups excluding tert-OH is 2. The molecule has 0 aromatic carbocycles. The number of rotatable bonds is 6. The molecule has 0 aliphatic rings. The summed E-state index contributed by atoms with van der Waals surface area (Å²) in [5.74, 6) is 0.559. The molecule has 96 valence electrons. The van der Waals surface area contributed by atoms with Crippen molar-refractivity contribution in [2.24, 2.45) is 0 Å². The minimum absolute atomic E-state index is 0.0664. The van der Waals surface area contributed by atoms with Crippen LogP contribution in [0.5, 0.6) is 0 Å². The fourth-order valence-electron chi connectivity index (χ4n) is 1.48. The van der Waals surface area contributed by atoms with Gasteiger partial charge in [0.05, 0.1) is 18.4 Å². The van der Waals surface area contributed by atoms with E-state index in [0.717, 1.165) is 17.0 Å². The summed E-state index contributed by atoms with van der Waals surface area (Å²) in [5.41, 5.74) is 1.74. The lowest BCUT2D eigenvalue weighted by molar-refractivity contribution is -0.121. The van der Waals surface area contributed by atoms with Gasteiger partial charge in [-0.2, -0.15) is 0 Å². The molecule has 1 rings (SSSR count). The zero-order valence-electron chi connectivity index (χ0n) is 10.1. The minimum atomic E-state index is -0.905. The van der Waals surface area contributed by atoms with Gasteiger partial charge >= 0.3 is 0 Å². The predicted octanol–water partition coefficient (Wildman–Crippen LogP) is -0.307. The van der Waals surface area contributed by atoms with E-state index in [2.05, 4.69) is 10.5 Å². The number of carbonyl (C=O) groups excluding carboxylic acids is 1. The molecule has 1 heterocycles. The highest BCUT2D eigenvalue weighted by Crippen LogP contribution is 2.13. The first-order chi connectivity index (χ1) is 8.04. The maximum Gasteiger partial charge on any atom is 0.220 e. The van der Waals surface area contributed by atoms with E-state index in [1.54, 1.807) is 0 Å². The molecule has 0 saturated heterocycles. The van der Waals surface area contributed by atoms with Crippen molar-refractivity contribution in [3.05, 3.63) is 17.0 Å². The molecule has 0 aliphatic carbocycles. The van der Waals surface area contributed by atoms with Crippen LogP contribution in [0.2, 0.25) is 0 Å². The van der Waals surface area contributed by atoms with Crippen molar-refractivity contribution in [2.75, 3.05) is 13.2 Å². The summed E-state index contributed by atoms with van der Waals surface area (Å²) < 4.78 is 4.99. The molecule has 0 bridgehead atoms. The molecule has 6 nitrogen and oxygen atoms in total. The maximum absolute atomic E-state index is 11.4. The summed E-state index contributed by atoms with van der Waals surface area (Å²) in [4.78, 5) is 11.4. The number of nitrogens with one attached hydrogen (secondary N) is 1. The van der Waals surface area contributed by atoms with Gasteiger partial charge in [-0.15, -0.1) is 0 Å². The molecule has 0 radical (unpaired) electrons. The van der Waals surface area contributed by atoms with Crippen molar-refractivity contribution >= 4 is 5.91 Å². The van der Waals surface area contributed by atoms with Crippen molar-refractivity contribution in [2.45, 2.75) is 32.8 Å². The number of carbonyl (C=O) groups is 1. The van der Waals surface area contributed by atoms with E-state index in [0.29, 0.717) is 12.8 Å². The summed E-state index contributed by atoms with van der Waals surface area (Å²) in [5, 5.41) is 24.0. The van der Waals surface area contributed by atoms with E-state index in [1.807, 2.05) is 13.8 Å². The lowest BCUT2D eigenvalue weighted by Gasteiger charge is -2.08. The van der Waals surface area contributed by atoms with E-state index in [1.165, 1.54) is 0 Å². The van der Waals surface area contributed by atoms with Crippen molar-refractivity contribution < 1.29 is 19.5 Å². The van der Waals surface area contributed by atoms with E-state index < -0.39 is 6.10 Å². The van der Waals surface area contributed by atoms with Crippen LogP contribution in [0.1, 0.15) is 23.4 Å². The molecule has 1 unspecified atom stereocenters. The number of amides is 1. The average Bonchev–Trinajstić information content (AvgIpc) is 2.63. The van der Waals surface area contributed by atoms with Gasteiger partial charge in [-0.1, -0.05) is 5.16 Å². The SMILES string of the molecule is Cc1noc(C)c1CCC(=O)NCC(O)CO. The lowest BCUT2D eigenvalue weighted by atomic mass is 10.1. The van der Waals surface area contributed by atoms with Crippen molar-refractivity contribution in [3.63, 3.8) is 0 Å². The van der Waals surface area contributed by atoms with Crippen LogP contribution in [0.15, 0.2) is 4.52 Å². The molecule has 0 fully saturated rings. The summed E-state index contributed by atoms with van der Waals surface area (Å²) >= 11 is 0. The number of aryl methyl sites for hydroxylation is 2. The number of aromatic nitrogens is 1. The number of nitrogens with zero attached hydrogens (tertiary/aromatic N) is 1. The van der Waals surface area contributed by atoms with E-state index in [9.17, 15) is 4.79 Å². The minimum Gasteiger partial charge on any atom is -0.394 e. The van der Waals surface area contributed by atoms with Crippen LogP contribution in [0, 0.1) is 13.8 Å². The molecule has 0 spiro atoms. The van der Waals surface area contributed by atoms with Gasteiger partial charge in [0.2, 0.25) is 5.91 Å². The van der Waals surface area contributed by atoms with Crippen molar-refractivity contribution in [1.82, 2.24) is 10.5 Å². The van der Waals surface area contributed by atoms with Gasteiger partial charge in [0.25, 0.3) is 0 Å². The third kappa shape index (κ3) is 4.16. The average molecular weight is 242 g/mol. The monoisotopic (exact) mass is 242 g/mol. The lowest BCUT2D eigenvalue weighted by Crippen LogP contribution is -2.34. The molecule has 0 aliphatic heterocycles. The number of hydrogen-bond acceptors (Lipinski definition) is 5. The smallest absolute Gasteiger partial charge is 0.220 e. The molecule has 0 saturated carbocycles. The van der Waals surface area contributed by atoms with Crippen LogP contribution in [-0.4, -0.2) is 40.5 Å². The fraction of sp³-hybridized carbons (Fsp3) is 0.636. The van der Waals surface area contributed by atoms with Crippen LogP contribution in [-0.2, 0) is 11.2 Å². The Labute approximate surface area is 99.6 Å². The Kier molecular flexibility index (Phi) is 5.11. The van der Waals surface area contributed by atoms with Gasteiger partial charge in [-0.25, -0.2) is 0 Å². The molecule has 1 aromatic rings. The van der Waals surface area contributed by atoms with E-state index in [-0.39, 0.29) is 19.1 Å². The van der Waals surface area contributed by atoms with Crippen LogP contribution < -0.4 is 5.32 Å². The second-order valence-electron chi connectivity index (χ2n) is 3.94. The van der Waals surface area contributed by atoms with Crippen molar-refractivity contribution in [1.29, 1.82) is 0 Å². The molecular formula is C11H18N2O4. The predicted molar refractivity (Wildman–Crippen MR) is 60.4 cm³/mol. The maximum atomic E-state index is 11.4. The Hall–Kier alpha value is -1.40. The zero-order chi connectivity index (χ0) is 12.8. The Morgan fingerprint density at radius 3 is 2.76 bits per heavy atom. The Balaban J connectivity index is 2.33. The van der Waals surface area contributed by atoms with Gasteiger partial charge in [0.1, 0.15) is 5.76 Å². The molecule has 1 aromatic heterocycles. The second kappa shape index (κ2) is 6.36. The summed E-state index contributed by atoms with van der Waals surface area (Å²) in [6, 6.07) is 0. The van der Waals surface area contributed by atoms with Crippen LogP contribution in [0.25, 0.3) is 0 Å². The van der Waals surface area contributed by atoms with Gasteiger partial charge in [-0.3, -0.25) is 4.79 Å². The Morgan fingerprint density at radius 2 is 2.24 bits per heavy atom. The summed E-state index contributed by atoms with van der Waals surface area (Å²) in [6.07, 6.45) is -0.0403. The van der Waals surface area contributed by atoms with Crippen LogP contribution >= 0.6 is 0 Å². The van der Waals surface area contributed by atoms with Crippen LogP contribution in [0.4, 0.5) is 0 Å². The molecule has 17 heavy (non-hydrogen) atoms. The quantitative estimate of drug-likeness (QED) is 0.636. The second-order valence-corrected chi connectivity index (χ2v) is 3.94. The molecule has 6 heteroatoms. The highest BCUT2D eigenvalue weighted by molar-refractivity contribution is 5.76. The van der Waals surface area contributed by atoms with Crippen molar-refractivity contribution in [3.8, 4) is 0 Å². The zero-order valence-corrected chi connectivity index (χ0v) is 10.1. The first-order valence-electron chi connectivity index (χ1n) is 5.52. The standard InChI is InChI=1S/C11H18N2O4/c1-7-10(8(2)17-13-7)3-4-11(16)12-5-9(15)6-14/h9,14-15H,3-6H2,1-2H3,(H,12,16). The summed E-state index contributed by atoms with van der Waals surface area (Å²) in [6.45, 7) is 3.35. The van der Waals surface area contributed by atoms with Gasteiger partial charge in [-0.05, 0) is 20.3 Å². The molecular weight excluding hydrogens is 224 g/mol. The molecule has 1 atom stereocenters. The van der Waals surface area contributed by atoms with Gasteiger partial charge < -0.3 is 20.1 Å². The fourth-order valence-corrected chi connectivity index (χ4v) is 1.48. The topological polar surface area (TPSA) is 95.6 Å². The van der Waals surface area contributed by atoms with Gasteiger partial charge in [0, 0.05) is 18.5 Å². The molecule has 1 amide bonds. The highest BCUT2D eigenvalue weighted by Gasteiger charge is 2.11. The van der Waals surface area contributed by atoms with E-state index >= 15 is 0 Å². The number of aliphatic hydroxyl groups is 2. The Bertz CT molecular complexity index is 356. The Morgan fingerprint density at radius 1 is 1.53 bits per heavy atom. The van der Waals surface area contributed by atoms with Crippen LogP contribution in [0.3, 0.4) is 0 Å². The van der Waals surface area contributed by atoms with E-state index in [4.69, 9.17) is 14.7 Å². The highest BCUT2D eigenvalue weighted by atomic mass is 16.5. The largest absolute Gasteiger partial charge is 0.394 e. The third-order valence-corrected chi connectivity index (χ3v) is 2.53. The van der Waals surface area contributed by atoms with Gasteiger partial charge in [0.15, 0.2) is 0 Å². The number of hydrogen-bond donors (Lipinski definition) is 3. The third-order valence-electron chi connectivity index (χ3n) is 2.53. The summed E-state index contributed by atoms with van der Waals surface area (Å²) in [7, 11) is 0. The molecule has 3 N–H and O–H groups in total.